The summed E-state index contributed by atoms with van der Waals surface area (Å²) in [7, 11) is 3.13. The summed E-state index contributed by atoms with van der Waals surface area (Å²) in [5.41, 5.74) is 5.49. The molecular weight excluding hydrogens is 416 g/mol. The van der Waals surface area contributed by atoms with Gasteiger partial charge in [-0.25, -0.2) is 0 Å². The van der Waals surface area contributed by atoms with Crippen molar-refractivity contribution in [2.24, 2.45) is 17.6 Å². The van der Waals surface area contributed by atoms with Gasteiger partial charge < -0.3 is 26.2 Å². The van der Waals surface area contributed by atoms with Crippen LogP contribution in [-0.2, 0) is 9.59 Å². The lowest BCUT2D eigenvalue weighted by molar-refractivity contribution is -0.120. The summed E-state index contributed by atoms with van der Waals surface area (Å²) in [6.07, 6.45) is -1.53. The summed E-state index contributed by atoms with van der Waals surface area (Å²) in [4.78, 5) is 38.3. The lowest BCUT2D eigenvalue weighted by Crippen LogP contribution is -2.49. The molecule has 0 unspecified atom stereocenters. The molecule has 0 bridgehead atoms. The van der Waals surface area contributed by atoms with Gasteiger partial charge in [-0.05, 0) is 44.6 Å². The molecular formula is C23H26N2O7. The van der Waals surface area contributed by atoms with Crippen LogP contribution in [0, 0.1) is 11.8 Å². The average molecular weight is 442 g/mol. The molecule has 0 aliphatic heterocycles. The highest BCUT2D eigenvalue weighted by Crippen LogP contribution is 2.49. The van der Waals surface area contributed by atoms with Crippen molar-refractivity contribution in [3.05, 3.63) is 58.6 Å². The van der Waals surface area contributed by atoms with Crippen LogP contribution in [0.3, 0.4) is 0 Å². The minimum absolute atomic E-state index is 0.000414. The van der Waals surface area contributed by atoms with Gasteiger partial charge in [0.2, 0.25) is 0 Å². The molecule has 6 N–H and O–H groups in total. The van der Waals surface area contributed by atoms with Crippen LogP contribution in [0.2, 0.25) is 0 Å². The van der Waals surface area contributed by atoms with Crippen LogP contribution >= 0.6 is 0 Å². The van der Waals surface area contributed by atoms with Gasteiger partial charge >= 0.3 is 0 Å². The van der Waals surface area contributed by atoms with E-state index in [9.17, 15) is 34.8 Å². The number of phenolic OH excluding ortho intramolecular Hbond substituents is 1. The number of phenols is 1. The Labute approximate surface area is 184 Å². The van der Waals surface area contributed by atoms with Crippen LogP contribution in [0.1, 0.15) is 29.3 Å². The van der Waals surface area contributed by atoms with Crippen LogP contribution in [0.15, 0.2) is 47.4 Å². The molecule has 1 aromatic rings. The summed E-state index contributed by atoms with van der Waals surface area (Å²) in [6, 6.07) is 3.47. The van der Waals surface area contributed by atoms with E-state index in [4.69, 9.17) is 5.73 Å². The Morgan fingerprint density at radius 2 is 1.88 bits per heavy atom. The highest BCUT2D eigenvalue weighted by atomic mass is 16.3. The van der Waals surface area contributed by atoms with Gasteiger partial charge in [0.25, 0.3) is 5.91 Å². The van der Waals surface area contributed by atoms with Crippen molar-refractivity contribution in [2.75, 3.05) is 14.1 Å². The number of amides is 1. The van der Waals surface area contributed by atoms with Gasteiger partial charge in [-0.3, -0.25) is 19.3 Å². The monoisotopic (exact) mass is 442 g/mol. The number of aliphatic hydroxyl groups is 3. The first-order valence-corrected chi connectivity index (χ1v) is 9.97. The van der Waals surface area contributed by atoms with Gasteiger partial charge in [-0.1, -0.05) is 18.7 Å². The van der Waals surface area contributed by atoms with Crippen LogP contribution in [0.25, 0.3) is 5.57 Å². The topological polar surface area (TPSA) is 161 Å². The lowest BCUT2D eigenvalue weighted by Gasteiger charge is -2.43. The van der Waals surface area contributed by atoms with E-state index in [0.717, 1.165) is 6.92 Å². The molecule has 0 heterocycles. The molecule has 1 amide bonds. The van der Waals surface area contributed by atoms with Gasteiger partial charge in [0, 0.05) is 17.4 Å². The minimum atomic E-state index is -1.60. The molecule has 9 nitrogen and oxygen atoms in total. The average Bonchev–Trinajstić information content (AvgIpc) is 2.68. The first kappa shape index (κ1) is 23.2. The van der Waals surface area contributed by atoms with E-state index in [0.29, 0.717) is 11.1 Å². The smallest absolute Gasteiger partial charge is 0.255 e. The Balaban J connectivity index is 2.17. The maximum Gasteiger partial charge on any atom is 0.255 e. The second-order valence-corrected chi connectivity index (χ2v) is 8.34. The van der Waals surface area contributed by atoms with Gasteiger partial charge in [0.15, 0.2) is 11.6 Å². The molecule has 9 heteroatoms. The Bertz CT molecular complexity index is 1080. The number of nitrogens with zero attached hydrogens (tertiary/aromatic N) is 1. The van der Waals surface area contributed by atoms with Crippen LogP contribution in [-0.4, -0.2) is 69.0 Å². The largest absolute Gasteiger partial charge is 0.510 e. The first-order valence-electron chi connectivity index (χ1n) is 9.97. The van der Waals surface area contributed by atoms with Crippen molar-refractivity contribution >= 4 is 23.0 Å². The predicted molar refractivity (Wildman–Crippen MR) is 116 cm³/mol. The maximum absolute atomic E-state index is 13.1. The number of hydrogen-bond acceptors (Lipinski definition) is 8. The predicted octanol–water partition coefficient (Wildman–Crippen LogP) is 1.23. The molecule has 32 heavy (non-hydrogen) atoms. The molecule has 0 spiro atoms. The zero-order valence-corrected chi connectivity index (χ0v) is 18.0. The first-order chi connectivity index (χ1) is 14.9. The zero-order chi connectivity index (χ0) is 24.1. The molecule has 0 radical (unpaired) electrons. The Hall–Kier alpha value is -3.43. The number of likely N-dealkylation sites (N-methyl/N-ethyl adjacent to an activating group) is 1. The number of Topliss-reactive ketones (excluding diaryl/α,β-unsaturated/α-hetero) is 2. The number of carbonyl (C=O) groups is 3. The van der Waals surface area contributed by atoms with Gasteiger partial charge in [0.05, 0.1) is 11.6 Å². The van der Waals surface area contributed by atoms with E-state index >= 15 is 0 Å². The molecule has 2 aliphatic carbocycles. The fourth-order valence-electron chi connectivity index (χ4n) is 4.78. The highest BCUT2D eigenvalue weighted by Gasteiger charge is 2.48. The van der Waals surface area contributed by atoms with Gasteiger partial charge in [-0.2, -0.15) is 0 Å². The summed E-state index contributed by atoms with van der Waals surface area (Å²) < 4.78 is 0. The number of rotatable bonds is 5. The van der Waals surface area contributed by atoms with E-state index in [1.807, 2.05) is 0 Å². The standard InChI is InChI=1S/C23H26N2O7/c1-9-11-6-5-7-14(27)16(11)20(29)17-12(9)8-13(19(28)22(17)31)18(25(3)4)21(30)15(10(2)26)23(24)32/h5-7,12-13,18-19,27-28,30-31H,1,8H2,2-4H3,(H2,24,32)/b21-15-/t12-,13+,18+,19+/m1/s1. The number of hydrogen-bond donors (Lipinski definition) is 5. The third-order valence-corrected chi connectivity index (χ3v) is 6.20. The molecule has 170 valence electrons. The number of primary amides is 1. The highest BCUT2D eigenvalue weighted by molar-refractivity contribution is 6.19. The number of allylic oxidation sites excluding steroid dienone is 2. The van der Waals surface area contributed by atoms with E-state index in [1.165, 1.54) is 11.0 Å². The van der Waals surface area contributed by atoms with E-state index in [-0.39, 0.29) is 23.3 Å². The van der Waals surface area contributed by atoms with Crippen molar-refractivity contribution in [3.8, 4) is 5.75 Å². The van der Waals surface area contributed by atoms with Crippen LogP contribution < -0.4 is 5.73 Å². The molecule has 0 saturated carbocycles. The van der Waals surface area contributed by atoms with Gasteiger partial charge in [-0.15, -0.1) is 0 Å². The molecule has 0 fully saturated rings. The summed E-state index contributed by atoms with van der Waals surface area (Å²) in [5, 5.41) is 42.8. The molecule has 2 aliphatic rings. The molecule has 1 aromatic carbocycles. The number of aromatic hydroxyl groups is 1. The molecule has 0 saturated heterocycles. The minimum Gasteiger partial charge on any atom is -0.510 e. The third-order valence-electron chi connectivity index (χ3n) is 6.20. The van der Waals surface area contributed by atoms with Crippen LogP contribution in [0.5, 0.6) is 5.75 Å². The lowest BCUT2D eigenvalue weighted by atomic mass is 9.65. The number of aliphatic hydroxyl groups excluding tert-OH is 3. The fourth-order valence-corrected chi connectivity index (χ4v) is 4.78. The number of fused-ring (bicyclic) bond motifs is 2. The summed E-state index contributed by atoms with van der Waals surface area (Å²) in [6.45, 7) is 5.13. The van der Waals surface area contributed by atoms with Crippen molar-refractivity contribution < 1.29 is 34.8 Å². The number of nitrogens with two attached hydrogens (primary N) is 1. The van der Waals surface area contributed by atoms with E-state index < -0.39 is 58.5 Å². The Morgan fingerprint density at radius 1 is 1.25 bits per heavy atom. The van der Waals surface area contributed by atoms with E-state index in [2.05, 4.69) is 6.58 Å². The van der Waals surface area contributed by atoms with Crippen molar-refractivity contribution in [2.45, 2.75) is 25.5 Å². The number of ketones is 2. The quantitative estimate of drug-likeness (QED) is 0.197. The molecule has 4 atom stereocenters. The van der Waals surface area contributed by atoms with Crippen molar-refractivity contribution in [3.63, 3.8) is 0 Å². The fraction of sp³-hybridized carbons (Fsp3) is 0.348. The second kappa shape index (κ2) is 8.25. The zero-order valence-electron chi connectivity index (χ0n) is 18.0. The van der Waals surface area contributed by atoms with Crippen molar-refractivity contribution in [1.82, 2.24) is 4.90 Å². The summed E-state index contributed by atoms with van der Waals surface area (Å²) >= 11 is 0. The van der Waals surface area contributed by atoms with Gasteiger partial charge in [0.1, 0.15) is 28.9 Å². The number of benzene rings is 1. The SMILES string of the molecule is C=C1c2cccc(O)c2C(=O)C2=C(O)[C@@H](O)[C@H]([C@@H](/C(O)=C(\C(C)=O)C(N)=O)N(C)C)C[C@H]12. The maximum atomic E-state index is 13.1. The Morgan fingerprint density at radius 3 is 2.41 bits per heavy atom. The molecule has 3 rings (SSSR count). The van der Waals surface area contributed by atoms with Crippen LogP contribution in [0.4, 0.5) is 0 Å². The Kier molecular flexibility index (Phi) is 5.99. The van der Waals surface area contributed by atoms with Crippen molar-refractivity contribution in [1.29, 1.82) is 0 Å². The summed E-state index contributed by atoms with van der Waals surface area (Å²) in [5.74, 6) is -5.60. The molecule has 0 aromatic heterocycles. The number of carbonyl (C=O) groups excluding carboxylic acids is 3. The van der Waals surface area contributed by atoms with E-state index in [1.54, 1.807) is 26.2 Å². The third kappa shape index (κ3) is 3.49. The second-order valence-electron chi connectivity index (χ2n) is 8.34. The normalized spacial score (nSPS) is 24.6.